The van der Waals surface area contributed by atoms with Crippen LogP contribution >= 0.6 is 0 Å². The molecule has 0 spiro atoms. The molecule has 0 aliphatic carbocycles. The zero-order valence-corrected chi connectivity index (χ0v) is 21.7. The Hall–Kier alpha value is -5.31. The molecule has 1 aromatic heterocycles. The molecule has 9 heteroatoms. The first-order valence-electron chi connectivity index (χ1n) is 12.6. The number of ether oxygens (including phenoxy) is 1. The van der Waals surface area contributed by atoms with E-state index in [0.29, 0.717) is 23.5 Å². The first-order valence-corrected chi connectivity index (χ1v) is 12.6. The SMILES string of the molecule is Cc1cc(C(=O)NCc2ccccc2O)ccc1-c1cccc(COc2ccc(Cn3oc(=O)[nH]c3=O)cc2)c1. The van der Waals surface area contributed by atoms with Crippen LogP contribution in [0, 0.1) is 6.92 Å². The number of aromatic amines is 1. The standard InChI is InChI=1S/C31H27N3O6/c1-20-15-24(29(36)32-17-25-6-2-3-8-28(25)35)11-14-27(20)23-7-4-5-22(16-23)19-39-26-12-9-21(10-13-26)18-34-30(37)33-31(38)40-34/h2-16,35H,17-19H2,1H3,(H,32,36)(H,33,37,38). The number of hydrogen-bond acceptors (Lipinski definition) is 6. The number of H-pyrrole nitrogens is 1. The van der Waals surface area contributed by atoms with Crippen molar-refractivity contribution in [1.82, 2.24) is 15.0 Å². The summed E-state index contributed by atoms with van der Waals surface area (Å²) in [6, 6.07) is 27.7. The van der Waals surface area contributed by atoms with Gasteiger partial charge in [0.15, 0.2) is 0 Å². The summed E-state index contributed by atoms with van der Waals surface area (Å²) in [5.74, 6) is -0.190. The van der Waals surface area contributed by atoms with Gasteiger partial charge in [-0.25, -0.2) is 14.6 Å². The molecule has 0 fully saturated rings. The number of nitrogens with one attached hydrogen (secondary N) is 2. The molecular weight excluding hydrogens is 510 g/mol. The van der Waals surface area contributed by atoms with Crippen LogP contribution in [-0.2, 0) is 19.7 Å². The smallest absolute Gasteiger partial charge is 0.440 e. The Kier molecular flexibility index (Phi) is 7.63. The summed E-state index contributed by atoms with van der Waals surface area (Å²) in [5.41, 5.74) is 5.34. The third kappa shape index (κ3) is 6.21. The van der Waals surface area contributed by atoms with E-state index in [1.54, 1.807) is 48.5 Å². The Morgan fingerprint density at radius 2 is 1.75 bits per heavy atom. The van der Waals surface area contributed by atoms with E-state index in [9.17, 15) is 19.5 Å². The van der Waals surface area contributed by atoms with E-state index in [2.05, 4.69) is 16.4 Å². The van der Waals surface area contributed by atoms with E-state index in [1.165, 1.54) is 0 Å². The van der Waals surface area contributed by atoms with Crippen LogP contribution in [-0.4, -0.2) is 20.7 Å². The van der Waals surface area contributed by atoms with Crippen LogP contribution in [0.1, 0.15) is 32.6 Å². The minimum atomic E-state index is -0.787. The molecule has 1 heterocycles. The van der Waals surface area contributed by atoms with E-state index in [1.807, 2.05) is 43.3 Å². The Morgan fingerprint density at radius 1 is 0.950 bits per heavy atom. The number of amides is 1. The largest absolute Gasteiger partial charge is 0.508 e. The second-order valence-electron chi connectivity index (χ2n) is 9.32. The highest BCUT2D eigenvalue weighted by Crippen LogP contribution is 2.26. The summed E-state index contributed by atoms with van der Waals surface area (Å²) in [7, 11) is 0. The molecule has 40 heavy (non-hydrogen) atoms. The fraction of sp³-hybridized carbons (Fsp3) is 0.129. The van der Waals surface area contributed by atoms with Crippen LogP contribution in [0.15, 0.2) is 105 Å². The Morgan fingerprint density at radius 3 is 2.48 bits per heavy atom. The minimum Gasteiger partial charge on any atom is -0.508 e. The fourth-order valence-electron chi connectivity index (χ4n) is 4.34. The van der Waals surface area contributed by atoms with Crippen molar-refractivity contribution in [3.63, 3.8) is 0 Å². The van der Waals surface area contributed by atoms with Gasteiger partial charge in [0.1, 0.15) is 18.1 Å². The van der Waals surface area contributed by atoms with Crippen LogP contribution in [0.4, 0.5) is 0 Å². The number of aromatic hydroxyl groups is 1. The molecule has 0 atom stereocenters. The van der Waals surface area contributed by atoms with Gasteiger partial charge >= 0.3 is 11.4 Å². The second-order valence-corrected chi connectivity index (χ2v) is 9.32. The molecule has 0 aliphatic heterocycles. The number of phenols is 1. The molecule has 202 valence electrons. The van der Waals surface area contributed by atoms with E-state index < -0.39 is 11.4 Å². The van der Waals surface area contributed by atoms with Crippen molar-refractivity contribution < 1.29 is 19.2 Å². The molecule has 4 aromatic carbocycles. The number of nitrogens with zero attached hydrogens (tertiary/aromatic N) is 1. The van der Waals surface area contributed by atoms with E-state index in [0.717, 1.165) is 32.6 Å². The molecule has 3 N–H and O–H groups in total. The number of carbonyl (C=O) groups excluding carboxylic acids is 1. The van der Waals surface area contributed by atoms with Crippen molar-refractivity contribution in [3.05, 3.63) is 140 Å². The summed E-state index contributed by atoms with van der Waals surface area (Å²) in [4.78, 5) is 37.5. The number of aromatic nitrogens is 2. The lowest BCUT2D eigenvalue weighted by Gasteiger charge is -2.12. The molecule has 0 saturated heterocycles. The maximum Gasteiger partial charge on any atom is 0.440 e. The first kappa shape index (κ1) is 26.3. The maximum atomic E-state index is 12.7. The second kappa shape index (κ2) is 11.6. The normalized spacial score (nSPS) is 10.8. The minimum absolute atomic E-state index is 0.135. The van der Waals surface area contributed by atoms with Crippen molar-refractivity contribution in [2.45, 2.75) is 26.6 Å². The van der Waals surface area contributed by atoms with E-state index >= 15 is 0 Å². The molecule has 0 unspecified atom stereocenters. The van der Waals surface area contributed by atoms with E-state index in [4.69, 9.17) is 9.26 Å². The summed E-state index contributed by atoms with van der Waals surface area (Å²) in [5, 5.41) is 12.8. The quantitative estimate of drug-likeness (QED) is 0.256. The zero-order chi connectivity index (χ0) is 28.1. The third-order valence-electron chi connectivity index (χ3n) is 6.44. The molecule has 9 nitrogen and oxygen atoms in total. The molecule has 0 bridgehead atoms. The van der Waals surface area contributed by atoms with Gasteiger partial charge < -0.3 is 19.7 Å². The van der Waals surface area contributed by atoms with Crippen LogP contribution in [0.5, 0.6) is 11.5 Å². The molecule has 1 amide bonds. The monoisotopic (exact) mass is 537 g/mol. The summed E-state index contributed by atoms with van der Waals surface area (Å²) >= 11 is 0. The van der Waals surface area contributed by atoms with Crippen molar-refractivity contribution >= 4 is 5.91 Å². The van der Waals surface area contributed by atoms with E-state index in [-0.39, 0.29) is 24.7 Å². The van der Waals surface area contributed by atoms with Crippen molar-refractivity contribution in [3.8, 4) is 22.6 Å². The van der Waals surface area contributed by atoms with Gasteiger partial charge in [-0.15, -0.1) is 4.74 Å². The molecule has 5 aromatic rings. The van der Waals surface area contributed by atoms with Gasteiger partial charge in [0.2, 0.25) is 0 Å². The fourth-order valence-corrected chi connectivity index (χ4v) is 4.34. The van der Waals surface area contributed by atoms with Crippen LogP contribution in [0.2, 0.25) is 0 Å². The number of rotatable bonds is 9. The Balaban J connectivity index is 1.21. The lowest BCUT2D eigenvalue weighted by molar-refractivity contribution is 0.0950. The summed E-state index contributed by atoms with van der Waals surface area (Å²) in [6.45, 7) is 2.69. The van der Waals surface area contributed by atoms with Gasteiger partial charge in [-0.2, -0.15) is 0 Å². The number of para-hydroxylation sites is 1. The number of carbonyl (C=O) groups is 1. The number of benzene rings is 4. The molecule has 5 rings (SSSR count). The number of aryl methyl sites for hydroxylation is 1. The van der Waals surface area contributed by atoms with Crippen molar-refractivity contribution in [2.24, 2.45) is 0 Å². The van der Waals surface area contributed by atoms with Gasteiger partial charge in [0.25, 0.3) is 5.91 Å². The zero-order valence-electron chi connectivity index (χ0n) is 21.7. The highest BCUT2D eigenvalue weighted by molar-refractivity contribution is 5.95. The maximum absolute atomic E-state index is 12.7. The van der Waals surface area contributed by atoms with Gasteiger partial charge in [-0.05, 0) is 71.1 Å². The number of hydrogen-bond donors (Lipinski definition) is 3. The first-order chi connectivity index (χ1) is 19.4. The van der Waals surface area contributed by atoms with Crippen molar-refractivity contribution in [1.29, 1.82) is 0 Å². The highest BCUT2D eigenvalue weighted by atomic mass is 16.5. The predicted molar refractivity (Wildman–Crippen MR) is 149 cm³/mol. The van der Waals surface area contributed by atoms with Crippen LogP contribution in [0.3, 0.4) is 0 Å². The van der Waals surface area contributed by atoms with Crippen LogP contribution in [0.25, 0.3) is 11.1 Å². The molecular formula is C31H27N3O6. The molecule has 0 saturated carbocycles. The Labute approximate surface area is 229 Å². The van der Waals surface area contributed by atoms with Gasteiger partial charge in [-0.3, -0.25) is 4.79 Å². The van der Waals surface area contributed by atoms with Gasteiger partial charge in [0.05, 0.1) is 6.54 Å². The summed E-state index contributed by atoms with van der Waals surface area (Å²) < 4.78 is 11.7. The lowest BCUT2D eigenvalue weighted by Crippen LogP contribution is -2.22. The van der Waals surface area contributed by atoms with Crippen molar-refractivity contribution in [2.75, 3.05) is 0 Å². The van der Waals surface area contributed by atoms with Crippen LogP contribution < -0.4 is 21.5 Å². The average Bonchev–Trinajstić information content (AvgIpc) is 3.28. The Bertz CT molecular complexity index is 1770. The predicted octanol–water partition coefficient (Wildman–Crippen LogP) is 4.37. The average molecular weight is 538 g/mol. The summed E-state index contributed by atoms with van der Waals surface area (Å²) in [6.07, 6.45) is 0. The highest BCUT2D eigenvalue weighted by Gasteiger charge is 2.11. The third-order valence-corrected chi connectivity index (χ3v) is 6.44. The van der Waals surface area contributed by atoms with Gasteiger partial charge in [0, 0.05) is 17.7 Å². The molecule has 0 radical (unpaired) electrons. The topological polar surface area (TPSA) is 127 Å². The number of phenolic OH excluding ortho intramolecular Hbond substituents is 1. The van der Waals surface area contributed by atoms with Gasteiger partial charge in [-0.1, -0.05) is 54.6 Å². The lowest BCUT2D eigenvalue weighted by atomic mass is 9.97. The molecule has 0 aliphatic rings.